The van der Waals surface area contributed by atoms with Gasteiger partial charge in [-0.3, -0.25) is 9.89 Å². The first-order valence-electron chi connectivity index (χ1n) is 9.09. The molecule has 0 fully saturated rings. The first-order chi connectivity index (χ1) is 13.9. The van der Waals surface area contributed by atoms with Crippen molar-refractivity contribution in [1.29, 1.82) is 0 Å². The Morgan fingerprint density at radius 2 is 2.07 bits per heavy atom. The molecule has 3 heterocycles. The minimum Gasteiger partial charge on any atom is -0.354 e. The van der Waals surface area contributed by atoms with E-state index < -0.39 is 22.7 Å². The molecule has 140 valence electrons. The molecule has 11 heteroatoms. The summed E-state index contributed by atoms with van der Waals surface area (Å²) in [6.45, 7) is -0.968. The number of pyridine rings is 1. The largest absolute Gasteiger partial charge is 0.354 e. The topological polar surface area (TPSA) is 143 Å². The van der Waals surface area contributed by atoms with Gasteiger partial charge in [0.1, 0.15) is 22.1 Å². The van der Waals surface area contributed by atoms with Crippen molar-refractivity contribution < 1.29 is 17.3 Å². The van der Waals surface area contributed by atoms with Gasteiger partial charge in [0.05, 0.1) is 5.69 Å². The van der Waals surface area contributed by atoms with Crippen LogP contribution in [-0.2, 0) is 9.84 Å². The van der Waals surface area contributed by atoms with Crippen molar-refractivity contribution >= 4 is 27.2 Å². The number of sulfone groups is 1. The van der Waals surface area contributed by atoms with Gasteiger partial charge in [0, 0.05) is 29.2 Å². The summed E-state index contributed by atoms with van der Waals surface area (Å²) in [6.07, 6.45) is 2.38. The van der Waals surface area contributed by atoms with Gasteiger partial charge in [-0.15, -0.1) is 10.2 Å². The summed E-state index contributed by atoms with van der Waals surface area (Å²) in [6, 6.07) is 5.89. The lowest BCUT2D eigenvalue weighted by molar-refractivity contribution is 0.0958. The van der Waals surface area contributed by atoms with Gasteiger partial charge >= 0.3 is 0 Å². The van der Waals surface area contributed by atoms with E-state index in [0.717, 1.165) is 11.9 Å². The maximum Gasteiger partial charge on any atom is 0.273 e. The van der Waals surface area contributed by atoms with Crippen molar-refractivity contribution in [2.45, 2.75) is 11.8 Å². The molecule has 0 saturated heterocycles. The number of anilines is 2. The molecule has 0 unspecified atom stereocenters. The van der Waals surface area contributed by atoms with Crippen molar-refractivity contribution in [3.8, 4) is 11.4 Å². The summed E-state index contributed by atoms with van der Waals surface area (Å²) in [5.74, 6) is -1.08. The highest BCUT2D eigenvalue weighted by molar-refractivity contribution is 7.90. The summed E-state index contributed by atoms with van der Waals surface area (Å²) < 4.78 is 45.8. The van der Waals surface area contributed by atoms with Crippen LogP contribution in [0.15, 0.2) is 35.4 Å². The third kappa shape index (κ3) is 3.92. The normalized spacial score (nSPS) is 13.3. The number of carbonyl (C=O) groups is 1. The van der Waals surface area contributed by atoms with E-state index in [1.807, 2.05) is 5.32 Å². The van der Waals surface area contributed by atoms with Crippen molar-refractivity contribution in [2.24, 2.45) is 0 Å². The van der Waals surface area contributed by atoms with Gasteiger partial charge in [0.2, 0.25) is 0 Å². The van der Waals surface area contributed by atoms with Crippen LogP contribution in [0.4, 0.5) is 11.5 Å². The predicted molar refractivity (Wildman–Crippen MR) is 98.4 cm³/mol. The minimum absolute atomic E-state index is 0.00556. The van der Waals surface area contributed by atoms with Crippen LogP contribution in [-0.4, -0.2) is 52.9 Å². The Morgan fingerprint density at radius 1 is 1.26 bits per heavy atom. The first-order valence-corrected chi connectivity index (χ1v) is 9.48. The van der Waals surface area contributed by atoms with Gasteiger partial charge in [-0.25, -0.2) is 13.4 Å². The third-order valence-corrected chi connectivity index (χ3v) is 4.64. The van der Waals surface area contributed by atoms with Crippen LogP contribution in [0.25, 0.3) is 11.4 Å². The molecule has 0 aliphatic rings. The first kappa shape index (κ1) is 14.8. The summed E-state index contributed by atoms with van der Waals surface area (Å²) in [4.78, 5) is 16.3. The molecule has 3 aromatic rings. The lowest BCUT2D eigenvalue weighted by Crippen LogP contribution is -2.21. The molecular weight excluding hydrogens is 370 g/mol. The maximum atomic E-state index is 12.4. The molecule has 1 amide bonds. The standard InChI is InChI=1S/C16H17N7O3S/c1-9-7-10(21-20-9)11-8-12(14(23-22-11)16(24)17-2)19-15-13(27(3,25)26)5-4-6-18-15/h4-8H,1-3H3,(H,17,24)(H,20,21)(H,18,19,22)/i2D3. The van der Waals surface area contributed by atoms with Crippen molar-refractivity contribution in [2.75, 3.05) is 18.5 Å². The average molecular weight is 390 g/mol. The number of nitrogens with zero attached hydrogens (tertiary/aromatic N) is 4. The van der Waals surface area contributed by atoms with E-state index in [-0.39, 0.29) is 27.8 Å². The number of aromatic nitrogens is 5. The highest BCUT2D eigenvalue weighted by atomic mass is 32.2. The molecule has 0 atom stereocenters. The summed E-state index contributed by atoms with van der Waals surface area (Å²) >= 11 is 0. The van der Waals surface area contributed by atoms with Crippen LogP contribution < -0.4 is 10.6 Å². The summed E-state index contributed by atoms with van der Waals surface area (Å²) in [5.41, 5.74) is 1.10. The number of hydrogen-bond donors (Lipinski definition) is 3. The molecule has 10 nitrogen and oxygen atoms in total. The number of aromatic amines is 1. The number of nitrogens with one attached hydrogen (secondary N) is 3. The van der Waals surface area contributed by atoms with E-state index in [1.165, 1.54) is 24.4 Å². The van der Waals surface area contributed by atoms with Crippen molar-refractivity contribution in [3.05, 3.63) is 41.9 Å². The molecular formula is C16H17N7O3S. The Labute approximate surface area is 159 Å². The zero-order valence-electron chi connectivity index (χ0n) is 17.3. The molecule has 0 aromatic carbocycles. The highest BCUT2D eigenvalue weighted by Crippen LogP contribution is 2.26. The van der Waals surface area contributed by atoms with Crippen LogP contribution in [0, 0.1) is 6.92 Å². The van der Waals surface area contributed by atoms with Crippen molar-refractivity contribution in [1.82, 2.24) is 30.7 Å². The zero-order chi connectivity index (χ0) is 22.1. The number of amides is 1. The number of hydrogen-bond acceptors (Lipinski definition) is 8. The Balaban J connectivity index is 2.11. The molecule has 27 heavy (non-hydrogen) atoms. The highest BCUT2D eigenvalue weighted by Gasteiger charge is 2.20. The molecule has 0 aliphatic heterocycles. The van der Waals surface area contributed by atoms with E-state index >= 15 is 0 Å². The van der Waals surface area contributed by atoms with Gasteiger partial charge in [-0.2, -0.15) is 5.10 Å². The molecule has 0 radical (unpaired) electrons. The molecule has 0 saturated carbocycles. The minimum atomic E-state index is -3.64. The smallest absolute Gasteiger partial charge is 0.273 e. The molecule has 3 rings (SSSR count). The number of rotatable bonds is 5. The van der Waals surface area contributed by atoms with Crippen LogP contribution in [0.3, 0.4) is 0 Å². The molecule has 0 bridgehead atoms. The van der Waals surface area contributed by atoms with E-state index in [0.29, 0.717) is 5.69 Å². The fourth-order valence-electron chi connectivity index (χ4n) is 2.30. The summed E-state index contributed by atoms with van der Waals surface area (Å²) in [5, 5.41) is 19.2. The quantitative estimate of drug-likeness (QED) is 0.587. The van der Waals surface area contributed by atoms with Gasteiger partial charge in [0.25, 0.3) is 5.91 Å². The Bertz CT molecular complexity index is 1210. The Morgan fingerprint density at radius 3 is 2.74 bits per heavy atom. The van der Waals surface area contributed by atoms with E-state index in [4.69, 9.17) is 4.11 Å². The fraction of sp³-hybridized carbons (Fsp3) is 0.188. The fourth-order valence-corrected chi connectivity index (χ4v) is 3.08. The van der Waals surface area contributed by atoms with Gasteiger partial charge in [-0.05, 0) is 31.2 Å². The van der Waals surface area contributed by atoms with Crippen LogP contribution in [0.2, 0.25) is 0 Å². The monoisotopic (exact) mass is 390 g/mol. The second-order valence-electron chi connectivity index (χ2n) is 5.63. The zero-order valence-corrected chi connectivity index (χ0v) is 15.1. The van der Waals surface area contributed by atoms with Gasteiger partial charge in [-0.1, -0.05) is 0 Å². The number of H-pyrrole nitrogens is 1. The number of carbonyl (C=O) groups excluding carboxylic acids is 1. The SMILES string of the molecule is [2H]C([2H])([2H])NC(=O)c1nnc(-c2cc(C)[nH]n2)cc1Nc1ncccc1S(C)(=O)=O. The predicted octanol–water partition coefficient (Wildman–Crippen LogP) is 1.08. The van der Waals surface area contributed by atoms with Crippen LogP contribution in [0.1, 0.15) is 20.3 Å². The molecule has 3 N–H and O–H groups in total. The van der Waals surface area contributed by atoms with Crippen LogP contribution in [0.5, 0.6) is 0 Å². The molecule has 0 aliphatic carbocycles. The second-order valence-corrected chi connectivity index (χ2v) is 7.61. The van der Waals surface area contributed by atoms with E-state index in [2.05, 4.69) is 30.7 Å². The molecule has 0 spiro atoms. The van der Waals surface area contributed by atoms with E-state index in [1.54, 1.807) is 13.0 Å². The Hall–Kier alpha value is -3.34. The van der Waals surface area contributed by atoms with Gasteiger partial charge in [0.15, 0.2) is 15.5 Å². The van der Waals surface area contributed by atoms with Crippen molar-refractivity contribution in [3.63, 3.8) is 0 Å². The maximum absolute atomic E-state index is 12.4. The lowest BCUT2D eigenvalue weighted by Gasteiger charge is -2.12. The number of aryl methyl sites for hydroxylation is 1. The average Bonchev–Trinajstić information content (AvgIpc) is 3.06. The molecule has 3 aromatic heterocycles. The Kier molecular flexibility index (Phi) is 3.90. The van der Waals surface area contributed by atoms with E-state index in [9.17, 15) is 13.2 Å². The van der Waals surface area contributed by atoms with Crippen LogP contribution >= 0.6 is 0 Å². The second kappa shape index (κ2) is 7.11. The van der Waals surface area contributed by atoms with Gasteiger partial charge < -0.3 is 10.6 Å². The third-order valence-electron chi connectivity index (χ3n) is 3.51. The lowest BCUT2D eigenvalue weighted by atomic mass is 10.2. The summed E-state index contributed by atoms with van der Waals surface area (Å²) in [7, 11) is -3.64.